The molecule has 0 bridgehead atoms. The Bertz CT molecular complexity index is 1020. The van der Waals surface area contributed by atoms with Crippen molar-refractivity contribution < 1.29 is 37.1 Å². The number of nitrogens with zero attached hydrogens (tertiary/aromatic N) is 2. The van der Waals surface area contributed by atoms with E-state index in [9.17, 15) is 23.3 Å². The van der Waals surface area contributed by atoms with Gasteiger partial charge in [0.1, 0.15) is 13.2 Å². The van der Waals surface area contributed by atoms with E-state index in [0.717, 1.165) is 22.0 Å². The van der Waals surface area contributed by atoms with Crippen LogP contribution in [0.15, 0.2) is 59.5 Å². The molecule has 0 aromatic heterocycles. The van der Waals surface area contributed by atoms with Gasteiger partial charge in [-0.05, 0) is 11.6 Å². The topological polar surface area (TPSA) is 135 Å². The molecule has 0 N–H and O–H groups in total. The van der Waals surface area contributed by atoms with Gasteiger partial charge < -0.3 is 18.9 Å². The number of sulfonamides is 1. The molecule has 0 radical (unpaired) electrons. The Kier molecular flexibility index (Phi) is 11.6. The third-order valence-electron chi connectivity index (χ3n) is 4.52. The van der Waals surface area contributed by atoms with E-state index in [2.05, 4.69) is 0 Å². The fraction of sp³-hybridized carbons (Fsp3) is 0.409. The van der Waals surface area contributed by atoms with Gasteiger partial charge in [0, 0.05) is 19.7 Å². The molecule has 0 saturated carbocycles. The summed E-state index contributed by atoms with van der Waals surface area (Å²) in [5.41, 5.74) is 0.151. The van der Waals surface area contributed by atoms with Crippen molar-refractivity contribution in [2.45, 2.75) is 11.5 Å². The first-order chi connectivity index (χ1) is 16.4. The Morgan fingerprint density at radius 2 is 1.56 bits per heavy atom. The van der Waals surface area contributed by atoms with Crippen LogP contribution in [0.3, 0.4) is 0 Å². The van der Waals surface area contributed by atoms with E-state index >= 15 is 0 Å². The van der Waals surface area contributed by atoms with Crippen LogP contribution in [0.25, 0.3) is 0 Å². The number of methoxy groups -OCH3 is 1. The molecule has 0 heterocycles. The molecule has 0 unspecified atom stereocenters. The minimum Gasteiger partial charge on any atom is -0.460 e. The van der Waals surface area contributed by atoms with Gasteiger partial charge in [-0.1, -0.05) is 42.5 Å². The Morgan fingerprint density at radius 3 is 2.24 bits per heavy atom. The molecular formula is C22H28N2O9S. The second kappa shape index (κ2) is 14.4. The highest BCUT2D eigenvalue weighted by Crippen LogP contribution is 2.26. The first-order valence-corrected chi connectivity index (χ1v) is 11.9. The molecule has 0 fully saturated rings. The van der Waals surface area contributed by atoms with Crippen LogP contribution < -0.4 is 0 Å². The number of carbonyl (C=O) groups is 1. The summed E-state index contributed by atoms with van der Waals surface area (Å²) >= 11 is 0. The van der Waals surface area contributed by atoms with E-state index < -0.39 is 38.0 Å². The molecule has 2 aromatic carbocycles. The van der Waals surface area contributed by atoms with Crippen molar-refractivity contribution in [2.24, 2.45) is 0 Å². The van der Waals surface area contributed by atoms with Crippen LogP contribution in [0.4, 0.5) is 5.69 Å². The second-order valence-corrected chi connectivity index (χ2v) is 8.83. The van der Waals surface area contributed by atoms with Gasteiger partial charge in [-0.15, -0.1) is 0 Å². The summed E-state index contributed by atoms with van der Waals surface area (Å²) in [5, 5.41) is 11.4. The molecule has 34 heavy (non-hydrogen) atoms. The SMILES string of the molecule is COCCOCCOCC[15N](CC(=O)OCc1ccccc1)S(=O)(=O)c1ccccc1[N+](=O)[O-]. The summed E-state index contributed by atoms with van der Waals surface area (Å²) in [5.74, 6) is -0.797. The van der Waals surface area contributed by atoms with Crippen molar-refractivity contribution in [2.75, 3.05) is 53.2 Å². The molecule has 0 saturated heterocycles. The molecule has 0 atom stereocenters. The summed E-state index contributed by atoms with van der Waals surface area (Å²) in [4.78, 5) is 22.5. The largest absolute Gasteiger partial charge is 0.460 e. The number of rotatable bonds is 16. The molecule has 0 aliphatic heterocycles. The fourth-order valence-corrected chi connectivity index (χ4v) is 4.33. The molecule has 2 aromatic rings. The van der Waals surface area contributed by atoms with Crippen molar-refractivity contribution in [3.63, 3.8) is 0 Å². The highest BCUT2D eigenvalue weighted by atomic mass is 32.2. The van der Waals surface area contributed by atoms with Crippen molar-refractivity contribution in [3.05, 3.63) is 70.3 Å². The molecule has 0 aliphatic carbocycles. The van der Waals surface area contributed by atoms with Crippen LogP contribution in [-0.4, -0.2) is 76.8 Å². The number of esters is 1. The van der Waals surface area contributed by atoms with E-state index in [1.54, 1.807) is 31.4 Å². The Morgan fingerprint density at radius 1 is 0.941 bits per heavy atom. The fourth-order valence-electron chi connectivity index (χ4n) is 2.81. The van der Waals surface area contributed by atoms with E-state index in [1.807, 2.05) is 6.07 Å². The lowest BCUT2D eigenvalue weighted by molar-refractivity contribution is -0.387. The van der Waals surface area contributed by atoms with E-state index in [0.29, 0.717) is 13.2 Å². The predicted molar refractivity (Wildman–Crippen MR) is 122 cm³/mol. The van der Waals surface area contributed by atoms with Crippen LogP contribution in [-0.2, 0) is 40.4 Å². The lowest BCUT2D eigenvalue weighted by Crippen LogP contribution is -2.39. The van der Waals surface area contributed by atoms with Crippen LogP contribution in [0.2, 0.25) is 0 Å². The minimum atomic E-state index is -4.40. The Hall–Kier alpha value is -2.90. The second-order valence-electron chi connectivity index (χ2n) is 6.93. The maximum absolute atomic E-state index is 13.2. The minimum absolute atomic E-state index is 0.0334. The summed E-state index contributed by atoms with van der Waals surface area (Å²) in [6.45, 7) is 0.370. The maximum Gasteiger partial charge on any atom is 0.321 e. The van der Waals surface area contributed by atoms with Gasteiger partial charge in [-0.3, -0.25) is 14.9 Å². The van der Waals surface area contributed by atoms with Gasteiger partial charge in [0.25, 0.3) is 15.7 Å². The number of hydrogen-bond acceptors (Lipinski definition) is 9. The van der Waals surface area contributed by atoms with Crippen LogP contribution in [0.5, 0.6) is 0 Å². The van der Waals surface area contributed by atoms with Gasteiger partial charge >= 0.3 is 5.97 Å². The summed E-state index contributed by atoms with van der Waals surface area (Å²) < 4.78 is 48.0. The molecule has 12 heteroatoms. The molecule has 0 amide bonds. The van der Waals surface area contributed by atoms with Crippen LogP contribution in [0, 0.1) is 10.1 Å². The Balaban J connectivity index is 2.07. The summed E-state index contributed by atoms with van der Waals surface area (Å²) in [6, 6.07) is 13.9. The number of para-hydroxylation sites is 1. The molecule has 0 spiro atoms. The normalized spacial score (nSPS) is 11.5. The smallest absolute Gasteiger partial charge is 0.321 e. The van der Waals surface area contributed by atoms with E-state index in [1.165, 1.54) is 12.1 Å². The lowest BCUT2D eigenvalue weighted by Gasteiger charge is -2.21. The molecule has 0 aliphatic rings. The highest BCUT2D eigenvalue weighted by Gasteiger charge is 2.32. The number of nitro groups is 1. The number of carbonyl (C=O) groups excluding carboxylic acids is 1. The van der Waals surface area contributed by atoms with Crippen molar-refractivity contribution in [1.82, 2.24) is 4.31 Å². The van der Waals surface area contributed by atoms with E-state index in [-0.39, 0.29) is 33.0 Å². The van der Waals surface area contributed by atoms with Gasteiger partial charge in [0.2, 0.25) is 0 Å². The first kappa shape index (κ1) is 27.3. The average Bonchev–Trinajstić information content (AvgIpc) is 2.84. The van der Waals surface area contributed by atoms with Gasteiger partial charge in [0.15, 0.2) is 4.90 Å². The van der Waals surface area contributed by atoms with Crippen molar-refractivity contribution >= 4 is 21.7 Å². The third-order valence-corrected chi connectivity index (χ3v) is 6.41. The number of ether oxygens (including phenoxy) is 4. The molecule has 11 nitrogen and oxygen atoms in total. The molecular weight excluding hydrogens is 469 g/mol. The lowest BCUT2D eigenvalue weighted by atomic mass is 10.2. The van der Waals surface area contributed by atoms with Gasteiger partial charge in [0.05, 0.1) is 38.0 Å². The third kappa shape index (κ3) is 8.80. The Labute approximate surface area is 198 Å². The number of nitro benzene ring substituents is 1. The predicted octanol–water partition coefficient (Wildman–Crippen LogP) is 2.01. The summed E-state index contributed by atoms with van der Waals surface area (Å²) in [7, 11) is -2.84. The molecule has 186 valence electrons. The van der Waals surface area contributed by atoms with Crippen LogP contribution in [0.1, 0.15) is 5.56 Å². The maximum atomic E-state index is 13.2. The number of benzene rings is 2. The molecule has 2 rings (SSSR count). The van der Waals surface area contributed by atoms with Crippen molar-refractivity contribution in [3.8, 4) is 0 Å². The van der Waals surface area contributed by atoms with Crippen molar-refractivity contribution in [1.29, 1.82) is 0 Å². The zero-order valence-corrected chi connectivity index (χ0v) is 19.6. The zero-order chi connectivity index (χ0) is 24.8. The highest BCUT2D eigenvalue weighted by molar-refractivity contribution is 7.89. The number of hydrogen-bond donors (Lipinski definition) is 0. The first-order valence-electron chi connectivity index (χ1n) is 10.4. The standard InChI is InChI=1S/C22H28N2O9S/c1-30-13-14-32-16-15-31-12-11-23(17-22(25)33-18-19-7-3-2-4-8-19)34(28,29)21-10-6-5-9-20(21)24(26)27/h2-10H,11-18H2,1H3/i23+1. The van der Waals surface area contributed by atoms with E-state index in [4.69, 9.17) is 18.9 Å². The summed E-state index contributed by atoms with van der Waals surface area (Å²) in [6.07, 6.45) is 0. The average molecular weight is 498 g/mol. The van der Waals surface area contributed by atoms with Crippen LogP contribution >= 0.6 is 0 Å². The zero-order valence-electron chi connectivity index (χ0n) is 18.8. The van der Waals surface area contributed by atoms with Gasteiger partial charge in [-0.2, -0.15) is 4.31 Å². The quantitative estimate of drug-likeness (QED) is 0.112. The monoisotopic (exact) mass is 497 g/mol. The van der Waals surface area contributed by atoms with Gasteiger partial charge in [-0.25, -0.2) is 8.42 Å².